The van der Waals surface area contributed by atoms with Crippen LogP contribution < -0.4 is 0 Å². The van der Waals surface area contributed by atoms with Gasteiger partial charge in [-0.15, -0.1) is 0 Å². The number of carbonyl (C=O) groups is 3. The van der Waals surface area contributed by atoms with Crippen molar-refractivity contribution in [3.05, 3.63) is 71.8 Å². The number of hydrogen-bond donors (Lipinski definition) is 0. The molecule has 2 aromatic rings. The Morgan fingerprint density at radius 1 is 0.875 bits per heavy atom. The lowest BCUT2D eigenvalue weighted by molar-refractivity contribution is -0.152. The molecule has 1 unspecified atom stereocenters. The van der Waals surface area contributed by atoms with Crippen LogP contribution in [0.5, 0.6) is 0 Å². The number of ketones is 2. The smallest absolute Gasteiger partial charge is 0.374 e. The second kappa shape index (κ2) is 13.2. The maximum atomic E-state index is 11.8. The molecule has 0 aliphatic rings. The van der Waals surface area contributed by atoms with E-state index in [9.17, 15) is 14.4 Å². The van der Waals surface area contributed by atoms with Gasteiger partial charge in [-0.25, -0.2) is 4.79 Å². The minimum atomic E-state index is -0.757. The molecule has 0 spiro atoms. The lowest BCUT2D eigenvalue weighted by Gasteiger charge is -1.99. The Morgan fingerprint density at radius 3 is 1.50 bits per heavy atom. The van der Waals surface area contributed by atoms with Crippen molar-refractivity contribution < 1.29 is 19.1 Å². The van der Waals surface area contributed by atoms with Crippen LogP contribution in [0.1, 0.15) is 29.8 Å². The van der Waals surface area contributed by atoms with Gasteiger partial charge in [0, 0.05) is 18.1 Å². The number of ether oxygens (including phenoxy) is 1. The lowest BCUT2D eigenvalue weighted by Crippen LogP contribution is -2.12. The van der Waals surface area contributed by atoms with Gasteiger partial charge in [0.05, 0.1) is 14.2 Å². The maximum Gasteiger partial charge on any atom is 0.374 e. The Labute approximate surface area is 146 Å². The molecule has 1 atom stereocenters. The van der Waals surface area contributed by atoms with E-state index in [2.05, 4.69) is 12.3 Å². The number of Topliss-reactive ketones (excluding diaryl/α,β-unsaturated/α-hetero) is 1. The van der Waals surface area contributed by atoms with Gasteiger partial charge >= 0.3 is 5.97 Å². The first-order chi connectivity index (χ1) is 11.6. The Bertz CT molecular complexity index is 588. The summed E-state index contributed by atoms with van der Waals surface area (Å²) in [6, 6.07) is 18.6. The normalized spacial score (nSPS) is 8.62. The second-order valence-electron chi connectivity index (χ2n) is 4.34. The molecule has 4 nitrogen and oxygen atoms in total. The molecule has 0 saturated carbocycles. The fourth-order valence-electron chi connectivity index (χ4n) is 1.58. The predicted octanol–water partition coefficient (Wildman–Crippen LogP) is 3.00. The summed E-state index contributed by atoms with van der Waals surface area (Å²) in [5.41, 5.74) is 1.47. The van der Waals surface area contributed by atoms with Crippen LogP contribution >= 0.6 is 9.12 Å². The quantitative estimate of drug-likeness (QED) is 0.282. The van der Waals surface area contributed by atoms with Crippen molar-refractivity contribution in [2.24, 2.45) is 0 Å². The third-order valence-corrected chi connectivity index (χ3v) is 2.63. The molecule has 0 fully saturated rings. The minimum absolute atomic E-state index is 0.0752. The first kappa shape index (κ1) is 21.7. The van der Waals surface area contributed by atoms with Crippen LogP contribution in [0.25, 0.3) is 0 Å². The Morgan fingerprint density at radius 2 is 1.25 bits per heavy atom. The van der Waals surface area contributed by atoms with Gasteiger partial charge in [-0.3, -0.25) is 9.59 Å². The molecular formula is C18H20BO4P. The third-order valence-electron chi connectivity index (χ3n) is 2.63. The van der Waals surface area contributed by atoms with Gasteiger partial charge in [0.15, 0.2) is 5.78 Å². The molecule has 24 heavy (non-hydrogen) atoms. The first-order valence-corrected chi connectivity index (χ1v) is 7.88. The van der Waals surface area contributed by atoms with E-state index >= 15 is 0 Å². The number of hydrogen-bond acceptors (Lipinski definition) is 4. The molecule has 2 radical (unpaired) electrons. The topological polar surface area (TPSA) is 60.4 Å². The van der Waals surface area contributed by atoms with Crippen molar-refractivity contribution in [3.63, 3.8) is 0 Å². The number of carbonyl (C=O) groups excluding carboxylic acids is 3. The fourth-order valence-corrected chi connectivity index (χ4v) is 1.58. The molecule has 0 N–H and O–H groups in total. The van der Waals surface area contributed by atoms with Gasteiger partial charge < -0.3 is 4.74 Å². The molecule has 6 heteroatoms. The van der Waals surface area contributed by atoms with E-state index in [1.807, 2.05) is 69.8 Å². The van der Waals surface area contributed by atoms with E-state index < -0.39 is 11.8 Å². The van der Waals surface area contributed by atoms with Crippen LogP contribution in [-0.4, -0.2) is 31.7 Å². The van der Waals surface area contributed by atoms with E-state index in [-0.39, 0.29) is 12.4 Å². The van der Waals surface area contributed by atoms with E-state index in [1.165, 1.54) is 6.92 Å². The van der Waals surface area contributed by atoms with E-state index in [1.54, 1.807) is 6.92 Å². The molecule has 0 aliphatic carbocycles. The first-order valence-electron chi connectivity index (χ1n) is 7.22. The zero-order valence-electron chi connectivity index (χ0n) is 13.8. The van der Waals surface area contributed by atoms with Crippen LogP contribution in [0.4, 0.5) is 0 Å². The molecular weight excluding hydrogens is 322 g/mol. The van der Waals surface area contributed by atoms with Crippen molar-refractivity contribution in [2.75, 3.05) is 6.61 Å². The molecule has 0 saturated heterocycles. The Balaban J connectivity index is 0.000000456. The molecule has 0 aliphatic heterocycles. The van der Waals surface area contributed by atoms with Crippen molar-refractivity contribution in [1.82, 2.24) is 0 Å². The molecule has 124 valence electrons. The summed E-state index contributed by atoms with van der Waals surface area (Å²) >= 11 is 0. The zero-order chi connectivity index (χ0) is 18.4. The molecule has 2 aromatic carbocycles. The molecule has 2 rings (SSSR count). The highest BCUT2D eigenvalue weighted by molar-refractivity contribution is 7.49. The number of benzene rings is 2. The summed E-state index contributed by atoms with van der Waals surface area (Å²) in [5.74, 6) is -1.23. The van der Waals surface area contributed by atoms with E-state index in [0.717, 1.165) is 11.1 Å². The highest BCUT2D eigenvalue weighted by Gasteiger charge is 2.06. The van der Waals surface area contributed by atoms with Crippen LogP contribution in [0.2, 0.25) is 0 Å². The zero-order valence-corrected chi connectivity index (χ0v) is 14.9. The van der Waals surface area contributed by atoms with Gasteiger partial charge in [0.25, 0.3) is 0 Å². The van der Waals surface area contributed by atoms with Gasteiger partial charge in [-0.1, -0.05) is 60.7 Å². The fraction of sp³-hybridized carbons (Fsp3) is 0.167. The van der Waals surface area contributed by atoms with E-state index in [0.29, 0.717) is 0 Å². The average molecular weight is 342 g/mol. The molecule has 0 bridgehead atoms. The number of esters is 1. The standard InChI is InChI=1S/C13H10O.C5H8O3.BH2P/c14-13(11-7-3-1-4-8-11)12-9-5-2-6-10-12;1-3-8-5(7)4(2)6;1-2/h1-10H;3H2,1-2H3;2H2. The summed E-state index contributed by atoms with van der Waals surface area (Å²) in [6.07, 6.45) is 0. The Kier molecular flexibility index (Phi) is 12.0. The SMILES string of the molecule is CCOC(=O)C(C)=O.O=C(c1ccccc1)c1ccccc1.[B]P. The highest BCUT2D eigenvalue weighted by Crippen LogP contribution is 2.08. The lowest BCUT2D eigenvalue weighted by atomic mass is 10.0. The summed E-state index contributed by atoms with van der Waals surface area (Å²) < 4.78 is 4.31. The van der Waals surface area contributed by atoms with E-state index in [4.69, 9.17) is 0 Å². The van der Waals surface area contributed by atoms with Crippen molar-refractivity contribution in [1.29, 1.82) is 0 Å². The van der Waals surface area contributed by atoms with Crippen LogP contribution in [-0.2, 0) is 14.3 Å². The Hall–Kier alpha value is -2.26. The minimum Gasteiger partial charge on any atom is -0.460 e. The largest absolute Gasteiger partial charge is 0.460 e. The molecule has 0 amide bonds. The summed E-state index contributed by atoms with van der Waals surface area (Å²) in [6.45, 7) is 3.09. The third kappa shape index (κ3) is 8.40. The summed E-state index contributed by atoms with van der Waals surface area (Å²) in [5, 5.41) is 0. The molecule has 0 heterocycles. The molecule has 0 aromatic heterocycles. The monoisotopic (exact) mass is 342 g/mol. The van der Waals surface area contributed by atoms with Gasteiger partial charge in [0.2, 0.25) is 5.78 Å². The van der Waals surface area contributed by atoms with Crippen LogP contribution in [0.3, 0.4) is 0 Å². The van der Waals surface area contributed by atoms with Crippen LogP contribution in [0.15, 0.2) is 60.7 Å². The highest BCUT2D eigenvalue weighted by atomic mass is 31.0. The van der Waals surface area contributed by atoms with Crippen molar-refractivity contribution in [2.45, 2.75) is 13.8 Å². The van der Waals surface area contributed by atoms with Crippen molar-refractivity contribution >= 4 is 34.2 Å². The summed E-state index contributed by atoms with van der Waals surface area (Å²) in [7, 11) is 6.33. The predicted molar refractivity (Wildman–Crippen MR) is 99.1 cm³/mol. The van der Waals surface area contributed by atoms with Gasteiger partial charge in [-0.05, 0) is 6.92 Å². The van der Waals surface area contributed by atoms with Crippen LogP contribution in [0, 0.1) is 0 Å². The van der Waals surface area contributed by atoms with Gasteiger partial charge in [0.1, 0.15) is 0 Å². The van der Waals surface area contributed by atoms with Crippen molar-refractivity contribution in [3.8, 4) is 0 Å². The summed E-state index contributed by atoms with van der Waals surface area (Å²) in [4.78, 5) is 32.1. The van der Waals surface area contributed by atoms with Gasteiger partial charge in [-0.2, -0.15) is 9.12 Å². The maximum absolute atomic E-state index is 11.8. The second-order valence-corrected chi connectivity index (χ2v) is 4.34. The average Bonchev–Trinajstić information content (AvgIpc) is 2.65. The number of rotatable bonds is 4.